The van der Waals surface area contributed by atoms with Crippen LogP contribution in [-0.4, -0.2) is 48.3 Å². The number of rotatable bonds is 10. The van der Waals surface area contributed by atoms with Gasteiger partial charge in [0, 0.05) is 40.6 Å². The van der Waals surface area contributed by atoms with E-state index in [1.54, 1.807) is 0 Å². The lowest BCUT2D eigenvalue weighted by Gasteiger charge is -2.21. The summed E-state index contributed by atoms with van der Waals surface area (Å²) in [5.74, 6) is 1.13. The minimum absolute atomic E-state index is 0.168. The number of benzene rings is 3. The lowest BCUT2D eigenvalue weighted by atomic mass is 10.0. The first kappa shape index (κ1) is 24.8. The van der Waals surface area contributed by atoms with Crippen LogP contribution in [0.5, 0.6) is 0 Å². The summed E-state index contributed by atoms with van der Waals surface area (Å²) in [5.41, 5.74) is 6.08. The topological polar surface area (TPSA) is 30.3 Å². The Balaban J connectivity index is 1.53. The first-order chi connectivity index (χ1) is 17.6. The van der Waals surface area contributed by atoms with E-state index in [0.29, 0.717) is 0 Å². The first-order valence-electron chi connectivity index (χ1n) is 12.9. The molecule has 0 spiro atoms. The van der Waals surface area contributed by atoms with E-state index in [1.165, 1.54) is 32.2 Å². The Hall–Kier alpha value is -2.86. The first-order valence-corrected chi connectivity index (χ1v) is 13.7. The second kappa shape index (κ2) is 11.5. The van der Waals surface area contributed by atoms with Crippen molar-refractivity contribution in [3.8, 4) is 22.5 Å². The van der Waals surface area contributed by atoms with E-state index >= 15 is 0 Å². The molecule has 186 valence electrons. The van der Waals surface area contributed by atoms with Gasteiger partial charge in [0.25, 0.3) is 0 Å². The van der Waals surface area contributed by atoms with Crippen molar-refractivity contribution in [3.63, 3.8) is 0 Å². The average molecular weight is 498 g/mol. The zero-order valence-corrected chi connectivity index (χ0v) is 22.3. The van der Waals surface area contributed by atoms with Crippen LogP contribution in [0.2, 0.25) is 0 Å². The fraction of sp³-hybridized carbons (Fsp3) is 0.323. The van der Waals surface area contributed by atoms with Crippen molar-refractivity contribution < 1.29 is 4.74 Å². The molecule has 0 saturated carbocycles. The number of aromatic nitrogens is 2. The Kier molecular flexibility index (Phi) is 7.90. The highest BCUT2D eigenvalue weighted by Gasteiger charge is 2.28. The summed E-state index contributed by atoms with van der Waals surface area (Å²) in [5, 5.41) is 0. The highest BCUT2D eigenvalue weighted by Crippen LogP contribution is 2.48. The molecule has 1 unspecified atom stereocenters. The molecule has 1 atom stereocenters. The van der Waals surface area contributed by atoms with Crippen molar-refractivity contribution in [2.75, 3.05) is 33.9 Å². The summed E-state index contributed by atoms with van der Waals surface area (Å²) >= 11 is 1.84. The van der Waals surface area contributed by atoms with Crippen LogP contribution >= 0.6 is 11.8 Å². The average Bonchev–Trinajstić information content (AvgIpc) is 3.21. The van der Waals surface area contributed by atoms with Crippen molar-refractivity contribution >= 4 is 11.8 Å². The molecule has 5 heteroatoms. The van der Waals surface area contributed by atoms with E-state index in [-0.39, 0.29) is 6.04 Å². The normalized spacial score (nSPS) is 13.1. The summed E-state index contributed by atoms with van der Waals surface area (Å²) in [6.07, 6.45) is 2.90. The van der Waals surface area contributed by atoms with E-state index in [1.807, 2.05) is 11.8 Å². The van der Waals surface area contributed by atoms with Gasteiger partial charge >= 0.3 is 0 Å². The summed E-state index contributed by atoms with van der Waals surface area (Å²) in [6, 6.07) is 28.4. The molecule has 0 bridgehead atoms. The van der Waals surface area contributed by atoms with Gasteiger partial charge in [0.2, 0.25) is 0 Å². The molecule has 36 heavy (non-hydrogen) atoms. The summed E-state index contributed by atoms with van der Waals surface area (Å²) in [4.78, 5) is 10.1. The van der Waals surface area contributed by atoms with Gasteiger partial charge in [-0.15, -0.1) is 0 Å². The Labute approximate surface area is 219 Å². The van der Waals surface area contributed by atoms with E-state index in [2.05, 4.69) is 109 Å². The molecule has 4 nitrogen and oxygen atoms in total. The minimum Gasteiger partial charge on any atom is -0.381 e. The van der Waals surface area contributed by atoms with Crippen molar-refractivity contribution in [2.45, 2.75) is 42.0 Å². The molecule has 1 aliphatic rings. The third-order valence-electron chi connectivity index (χ3n) is 6.74. The van der Waals surface area contributed by atoms with Crippen LogP contribution in [0.15, 0.2) is 88.7 Å². The van der Waals surface area contributed by atoms with Gasteiger partial charge in [-0.25, -0.2) is 4.98 Å². The molecule has 0 fully saturated rings. The molecule has 0 saturated heterocycles. The molecular weight excluding hydrogens is 462 g/mol. The van der Waals surface area contributed by atoms with E-state index in [9.17, 15) is 0 Å². The molecular formula is C31H35N3OS. The monoisotopic (exact) mass is 497 g/mol. The lowest BCUT2D eigenvalue weighted by molar-refractivity contribution is 0.123. The SMILES string of the molecule is CC(c1ccccc1)n1c(CCCOCCCN(C)C)nc2c1-c1ccccc1Sc1ccccc1-2. The number of fused-ring (bicyclic) bond motifs is 5. The van der Waals surface area contributed by atoms with Gasteiger partial charge < -0.3 is 14.2 Å². The number of nitrogens with zero attached hydrogens (tertiary/aromatic N) is 3. The van der Waals surface area contributed by atoms with Gasteiger partial charge in [-0.2, -0.15) is 0 Å². The fourth-order valence-corrected chi connectivity index (χ4v) is 6.02. The van der Waals surface area contributed by atoms with E-state index in [4.69, 9.17) is 9.72 Å². The molecule has 5 rings (SSSR count). The largest absolute Gasteiger partial charge is 0.381 e. The van der Waals surface area contributed by atoms with Crippen molar-refractivity contribution in [3.05, 3.63) is 90.3 Å². The predicted octanol–water partition coefficient (Wildman–Crippen LogP) is 7.19. The van der Waals surface area contributed by atoms with Crippen LogP contribution in [0.4, 0.5) is 0 Å². The summed E-state index contributed by atoms with van der Waals surface area (Å²) < 4.78 is 8.44. The number of ether oxygens (including phenoxy) is 1. The molecule has 0 amide bonds. The van der Waals surface area contributed by atoms with Gasteiger partial charge in [0.1, 0.15) is 5.82 Å². The Morgan fingerprint density at radius 1 is 0.833 bits per heavy atom. The third-order valence-corrected chi connectivity index (χ3v) is 7.89. The number of hydrogen-bond acceptors (Lipinski definition) is 4. The zero-order chi connectivity index (χ0) is 24.9. The minimum atomic E-state index is 0.168. The maximum atomic E-state index is 5.96. The molecule has 1 aromatic heterocycles. The van der Waals surface area contributed by atoms with E-state index < -0.39 is 0 Å². The molecule has 4 aromatic rings. The second-order valence-corrected chi connectivity index (χ2v) is 10.7. The van der Waals surface area contributed by atoms with Crippen LogP contribution in [-0.2, 0) is 11.2 Å². The molecule has 0 radical (unpaired) electrons. The van der Waals surface area contributed by atoms with Gasteiger partial charge in [0.15, 0.2) is 0 Å². The van der Waals surface area contributed by atoms with Crippen LogP contribution in [0.3, 0.4) is 0 Å². The van der Waals surface area contributed by atoms with E-state index in [0.717, 1.165) is 50.5 Å². The Bertz CT molecular complexity index is 1300. The maximum Gasteiger partial charge on any atom is 0.110 e. The molecule has 1 aliphatic heterocycles. The molecule has 3 aromatic carbocycles. The van der Waals surface area contributed by atoms with Gasteiger partial charge in [-0.05, 0) is 58.1 Å². The quantitative estimate of drug-likeness (QED) is 0.191. The van der Waals surface area contributed by atoms with Gasteiger partial charge in [0.05, 0.1) is 17.4 Å². The highest BCUT2D eigenvalue weighted by atomic mass is 32.2. The van der Waals surface area contributed by atoms with Crippen LogP contribution in [0, 0.1) is 0 Å². The fourth-order valence-electron chi connectivity index (χ4n) is 4.94. The smallest absolute Gasteiger partial charge is 0.110 e. The summed E-state index contributed by atoms with van der Waals surface area (Å²) in [7, 11) is 4.21. The van der Waals surface area contributed by atoms with Crippen LogP contribution in [0.1, 0.15) is 37.2 Å². The van der Waals surface area contributed by atoms with Crippen LogP contribution < -0.4 is 0 Å². The standard InChI is InChI=1S/C31H35N3OS/c1-23(24-13-5-4-6-14-24)34-29(19-11-21-35-22-12-20-33(2)3)32-30-25-15-7-9-17-27(25)36-28-18-10-8-16-26(28)31(30)34/h4-10,13-18,23H,11-12,19-22H2,1-3H3. The Morgan fingerprint density at radius 3 is 2.22 bits per heavy atom. The van der Waals surface area contributed by atoms with Crippen LogP contribution in [0.25, 0.3) is 22.5 Å². The Morgan fingerprint density at radius 2 is 1.47 bits per heavy atom. The number of imidazole rings is 1. The lowest BCUT2D eigenvalue weighted by Crippen LogP contribution is -2.15. The predicted molar refractivity (Wildman–Crippen MR) is 150 cm³/mol. The summed E-state index contributed by atoms with van der Waals surface area (Å²) in [6.45, 7) is 4.92. The number of hydrogen-bond donors (Lipinski definition) is 0. The highest BCUT2D eigenvalue weighted by molar-refractivity contribution is 7.99. The molecule has 0 N–H and O–H groups in total. The van der Waals surface area contributed by atoms with Crippen molar-refractivity contribution in [2.24, 2.45) is 0 Å². The van der Waals surface area contributed by atoms with Gasteiger partial charge in [-0.3, -0.25) is 0 Å². The third kappa shape index (κ3) is 5.29. The molecule has 2 heterocycles. The zero-order valence-electron chi connectivity index (χ0n) is 21.5. The van der Waals surface area contributed by atoms with Crippen molar-refractivity contribution in [1.82, 2.24) is 14.5 Å². The van der Waals surface area contributed by atoms with Gasteiger partial charge in [-0.1, -0.05) is 78.5 Å². The van der Waals surface area contributed by atoms with Crippen molar-refractivity contribution in [1.29, 1.82) is 0 Å². The second-order valence-electron chi connectivity index (χ2n) is 9.65. The number of aryl methyl sites for hydroxylation is 1. The maximum absolute atomic E-state index is 5.96. The molecule has 0 aliphatic carbocycles.